The van der Waals surface area contributed by atoms with E-state index in [9.17, 15) is 4.79 Å². The van der Waals surface area contributed by atoms with Crippen molar-refractivity contribution in [1.82, 2.24) is 10.6 Å². The number of methoxy groups -OCH3 is 1. The van der Waals surface area contributed by atoms with Crippen LogP contribution in [0.2, 0.25) is 0 Å². The van der Waals surface area contributed by atoms with Gasteiger partial charge in [0, 0.05) is 17.8 Å². The maximum atomic E-state index is 11.5. The van der Waals surface area contributed by atoms with E-state index in [1.165, 1.54) is 15.6 Å². The molecule has 2 aromatic rings. The molecule has 0 spiro atoms. The van der Waals surface area contributed by atoms with Gasteiger partial charge in [-0.2, -0.15) is 0 Å². The van der Waals surface area contributed by atoms with E-state index in [2.05, 4.69) is 28.1 Å². The van der Waals surface area contributed by atoms with E-state index in [1.54, 1.807) is 18.4 Å². The average molecular weight is 292 g/mol. The van der Waals surface area contributed by atoms with Crippen molar-refractivity contribution in [2.75, 3.05) is 20.2 Å². The SMILES string of the molecule is CCCNC(=O)NCCc1csc2ccc(OC)cc12. The summed E-state index contributed by atoms with van der Waals surface area (Å²) < 4.78 is 6.51. The molecule has 4 nitrogen and oxygen atoms in total. The second kappa shape index (κ2) is 7.14. The summed E-state index contributed by atoms with van der Waals surface area (Å²) in [6.07, 6.45) is 1.77. The van der Waals surface area contributed by atoms with Crippen molar-refractivity contribution < 1.29 is 9.53 Å². The molecule has 20 heavy (non-hydrogen) atoms. The molecular weight excluding hydrogens is 272 g/mol. The minimum Gasteiger partial charge on any atom is -0.497 e. The maximum Gasteiger partial charge on any atom is 0.314 e. The highest BCUT2D eigenvalue weighted by Gasteiger charge is 2.06. The van der Waals surface area contributed by atoms with Gasteiger partial charge in [0.05, 0.1) is 7.11 Å². The number of benzene rings is 1. The maximum absolute atomic E-state index is 11.5. The Labute approximate surface area is 123 Å². The molecule has 1 heterocycles. The van der Waals surface area contributed by atoms with Gasteiger partial charge in [-0.05, 0) is 47.4 Å². The van der Waals surface area contributed by atoms with E-state index >= 15 is 0 Å². The Kier molecular flexibility index (Phi) is 5.24. The standard InChI is InChI=1S/C15H20N2O2S/c1-3-7-16-15(18)17-8-6-11-10-20-14-5-4-12(19-2)9-13(11)14/h4-5,9-10H,3,6-8H2,1-2H3,(H2,16,17,18). The Morgan fingerprint density at radius 3 is 2.85 bits per heavy atom. The van der Waals surface area contributed by atoms with Crippen LogP contribution in [0.5, 0.6) is 5.75 Å². The lowest BCUT2D eigenvalue weighted by Gasteiger charge is -2.06. The molecule has 0 bridgehead atoms. The van der Waals surface area contributed by atoms with Crippen molar-refractivity contribution in [2.24, 2.45) is 0 Å². The number of ether oxygens (including phenoxy) is 1. The average Bonchev–Trinajstić information content (AvgIpc) is 2.87. The van der Waals surface area contributed by atoms with Gasteiger partial charge in [-0.25, -0.2) is 4.79 Å². The fourth-order valence-corrected chi connectivity index (χ4v) is 2.97. The minimum absolute atomic E-state index is 0.0936. The molecule has 5 heteroatoms. The van der Waals surface area contributed by atoms with Crippen molar-refractivity contribution in [3.8, 4) is 5.75 Å². The third-order valence-electron chi connectivity index (χ3n) is 3.08. The molecule has 0 atom stereocenters. The van der Waals surface area contributed by atoms with Crippen LogP contribution in [0.15, 0.2) is 23.6 Å². The van der Waals surface area contributed by atoms with E-state index < -0.39 is 0 Å². The van der Waals surface area contributed by atoms with Crippen molar-refractivity contribution >= 4 is 27.5 Å². The molecule has 0 aliphatic carbocycles. The second-order valence-electron chi connectivity index (χ2n) is 4.56. The number of hydrogen-bond donors (Lipinski definition) is 2. The molecule has 0 radical (unpaired) electrons. The molecule has 108 valence electrons. The number of fused-ring (bicyclic) bond motifs is 1. The summed E-state index contributed by atoms with van der Waals surface area (Å²) >= 11 is 1.72. The molecule has 0 aliphatic heterocycles. The quantitative estimate of drug-likeness (QED) is 0.859. The normalized spacial score (nSPS) is 10.5. The number of amides is 2. The Morgan fingerprint density at radius 2 is 2.10 bits per heavy atom. The van der Waals surface area contributed by atoms with Gasteiger partial charge in [-0.3, -0.25) is 0 Å². The van der Waals surface area contributed by atoms with Crippen LogP contribution in [0.4, 0.5) is 4.79 Å². The van der Waals surface area contributed by atoms with E-state index in [1.807, 2.05) is 13.0 Å². The summed E-state index contributed by atoms with van der Waals surface area (Å²) in [4.78, 5) is 11.5. The third-order valence-corrected chi connectivity index (χ3v) is 4.09. The molecule has 0 fully saturated rings. The molecule has 2 amide bonds. The predicted molar refractivity (Wildman–Crippen MR) is 83.8 cm³/mol. The lowest BCUT2D eigenvalue weighted by molar-refractivity contribution is 0.241. The van der Waals surface area contributed by atoms with Gasteiger partial charge in [-0.15, -0.1) is 11.3 Å². The zero-order valence-electron chi connectivity index (χ0n) is 11.9. The molecule has 0 saturated heterocycles. The molecule has 2 N–H and O–H groups in total. The first kappa shape index (κ1) is 14.7. The molecule has 2 rings (SSSR count). The first-order chi connectivity index (χ1) is 9.74. The summed E-state index contributed by atoms with van der Waals surface area (Å²) in [5, 5.41) is 9.03. The number of rotatable bonds is 6. The van der Waals surface area contributed by atoms with Crippen LogP contribution in [0.1, 0.15) is 18.9 Å². The summed E-state index contributed by atoms with van der Waals surface area (Å²) in [6.45, 7) is 3.38. The number of nitrogens with one attached hydrogen (secondary N) is 2. The molecular formula is C15H20N2O2S. The Morgan fingerprint density at radius 1 is 1.30 bits per heavy atom. The van der Waals surface area contributed by atoms with Gasteiger partial charge < -0.3 is 15.4 Å². The van der Waals surface area contributed by atoms with Gasteiger partial charge in [0.15, 0.2) is 0 Å². The summed E-state index contributed by atoms with van der Waals surface area (Å²) in [5.74, 6) is 0.866. The van der Waals surface area contributed by atoms with Gasteiger partial charge in [0.1, 0.15) is 5.75 Å². The highest BCUT2D eigenvalue weighted by molar-refractivity contribution is 7.17. The van der Waals surface area contributed by atoms with E-state index in [0.717, 1.165) is 18.6 Å². The van der Waals surface area contributed by atoms with Crippen LogP contribution >= 0.6 is 11.3 Å². The van der Waals surface area contributed by atoms with Gasteiger partial charge in [0.25, 0.3) is 0 Å². The van der Waals surface area contributed by atoms with E-state index in [-0.39, 0.29) is 6.03 Å². The van der Waals surface area contributed by atoms with Crippen molar-refractivity contribution in [3.63, 3.8) is 0 Å². The monoisotopic (exact) mass is 292 g/mol. The van der Waals surface area contributed by atoms with Crippen LogP contribution in [0.3, 0.4) is 0 Å². The van der Waals surface area contributed by atoms with Crippen molar-refractivity contribution in [3.05, 3.63) is 29.1 Å². The number of urea groups is 1. The minimum atomic E-state index is -0.0936. The molecule has 0 aliphatic rings. The lowest BCUT2D eigenvalue weighted by atomic mass is 10.1. The summed E-state index contributed by atoms with van der Waals surface area (Å²) in [6, 6.07) is 6.00. The van der Waals surface area contributed by atoms with Crippen molar-refractivity contribution in [2.45, 2.75) is 19.8 Å². The van der Waals surface area contributed by atoms with Crippen LogP contribution in [-0.4, -0.2) is 26.2 Å². The van der Waals surface area contributed by atoms with Crippen LogP contribution in [-0.2, 0) is 6.42 Å². The first-order valence-electron chi connectivity index (χ1n) is 6.80. The summed E-state index contributed by atoms with van der Waals surface area (Å²) in [7, 11) is 1.67. The highest BCUT2D eigenvalue weighted by atomic mass is 32.1. The van der Waals surface area contributed by atoms with Gasteiger partial charge in [-0.1, -0.05) is 6.92 Å². The molecule has 1 aromatic carbocycles. The molecule has 0 saturated carbocycles. The van der Waals surface area contributed by atoms with Gasteiger partial charge in [0.2, 0.25) is 0 Å². The summed E-state index contributed by atoms with van der Waals surface area (Å²) in [5.41, 5.74) is 1.25. The number of hydrogen-bond acceptors (Lipinski definition) is 3. The molecule has 0 unspecified atom stereocenters. The smallest absolute Gasteiger partial charge is 0.314 e. The number of thiophene rings is 1. The Hall–Kier alpha value is -1.75. The Balaban J connectivity index is 1.94. The predicted octanol–water partition coefficient (Wildman–Crippen LogP) is 3.16. The Bertz CT molecular complexity index is 580. The fourth-order valence-electron chi connectivity index (χ4n) is 1.99. The fraction of sp³-hybridized carbons (Fsp3) is 0.400. The number of carbonyl (C=O) groups excluding carboxylic acids is 1. The molecule has 1 aromatic heterocycles. The van der Waals surface area contributed by atoms with E-state index in [4.69, 9.17) is 4.74 Å². The third kappa shape index (κ3) is 3.63. The zero-order chi connectivity index (χ0) is 14.4. The van der Waals surface area contributed by atoms with Crippen LogP contribution in [0, 0.1) is 0 Å². The highest BCUT2D eigenvalue weighted by Crippen LogP contribution is 2.29. The lowest BCUT2D eigenvalue weighted by Crippen LogP contribution is -2.36. The largest absolute Gasteiger partial charge is 0.497 e. The van der Waals surface area contributed by atoms with Crippen molar-refractivity contribution in [1.29, 1.82) is 0 Å². The second-order valence-corrected chi connectivity index (χ2v) is 5.47. The van der Waals surface area contributed by atoms with E-state index in [0.29, 0.717) is 13.1 Å². The first-order valence-corrected chi connectivity index (χ1v) is 7.68. The van der Waals surface area contributed by atoms with Crippen LogP contribution in [0.25, 0.3) is 10.1 Å². The van der Waals surface area contributed by atoms with Gasteiger partial charge >= 0.3 is 6.03 Å². The van der Waals surface area contributed by atoms with Crippen LogP contribution < -0.4 is 15.4 Å². The number of carbonyl (C=O) groups is 1. The topological polar surface area (TPSA) is 50.4 Å². The zero-order valence-corrected chi connectivity index (χ0v) is 12.7.